The molecule has 0 saturated carbocycles. The minimum atomic E-state index is -0.199. The first-order valence-electron chi connectivity index (χ1n) is 24.7. The topological polar surface area (TPSA) is 0 Å². The summed E-state index contributed by atoms with van der Waals surface area (Å²) >= 11 is 0. The van der Waals surface area contributed by atoms with Crippen molar-refractivity contribution in [2.75, 3.05) is 0 Å². The van der Waals surface area contributed by atoms with Gasteiger partial charge in [0.1, 0.15) is 0 Å². The van der Waals surface area contributed by atoms with Crippen LogP contribution in [0.25, 0.3) is 110 Å². The van der Waals surface area contributed by atoms with Gasteiger partial charge >= 0.3 is 0 Å². The Morgan fingerprint density at radius 1 is 0.217 bits per heavy atom. The summed E-state index contributed by atoms with van der Waals surface area (Å²) in [7, 11) is 0. The van der Waals surface area contributed by atoms with Gasteiger partial charge in [0.25, 0.3) is 0 Å². The van der Waals surface area contributed by atoms with Crippen LogP contribution in [0, 0.1) is 0 Å². The molecule has 3 aliphatic rings. The Hall–Kier alpha value is -7.80. The molecular formula is C69H52. The van der Waals surface area contributed by atoms with Crippen molar-refractivity contribution in [2.24, 2.45) is 0 Å². The molecule has 0 heteroatoms. The largest absolute Gasteiger partial charge is 0.0619 e. The van der Waals surface area contributed by atoms with E-state index in [0.717, 1.165) is 0 Å². The van der Waals surface area contributed by atoms with Crippen molar-refractivity contribution < 1.29 is 0 Å². The molecule has 328 valence electrons. The molecule has 3 aliphatic carbocycles. The zero-order valence-electron chi connectivity index (χ0n) is 40.1. The lowest BCUT2D eigenvalue weighted by Crippen LogP contribution is -2.15. The first kappa shape index (κ1) is 40.3. The summed E-state index contributed by atoms with van der Waals surface area (Å²) in [4.78, 5) is 0. The van der Waals surface area contributed by atoms with Gasteiger partial charge in [-0.2, -0.15) is 0 Å². The highest BCUT2D eigenvalue weighted by molar-refractivity contribution is 6.22. The lowest BCUT2D eigenvalue weighted by Gasteiger charge is -2.24. The Labute approximate surface area is 405 Å². The molecule has 0 amide bonds. The van der Waals surface area contributed by atoms with Crippen LogP contribution < -0.4 is 0 Å². The summed E-state index contributed by atoms with van der Waals surface area (Å²) in [5.74, 6) is 0. The van der Waals surface area contributed by atoms with Crippen LogP contribution in [0.15, 0.2) is 206 Å². The summed E-state index contributed by atoms with van der Waals surface area (Å²) in [5.41, 5.74) is 26.2. The molecule has 0 heterocycles. The number of hydrogen-bond acceptors (Lipinski definition) is 0. The average Bonchev–Trinajstić information content (AvgIpc) is 3.86. The Bertz CT molecular complexity index is 4030. The lowest BCUT2D eigenvalue weighted by molar-refractivity contribution is 0.660. The van der Waals surface area contributed by atoms with Gasteiger partial charge in [0.05, 0.1) is 0 Å². The zero-order chi connectivity index (χ0) is 46.6. The number of fused-ring (bicyclic) bond motifs is 12. The molecule has 69 heavy (non-hydrogen) atoms. The third-order valence-electron chi connectivity index (χ3n) is 16.9. The highest BCUT2D eigenvalue weighted by Gasteiger charge is 2.38. The van der Waals surface area contributed by atoms with E-state index in [9.17, 15) is 0 Å². The standard InChI is InChI=1S/C69H52/c1-67(2)59-24-13-11-19-49(59)51-31-26-43(37-61(51)67)42-27-35-57-58(36-42)66(46-30-33-52-50-20-12-14-25-60(50)68(3,4)63(52)40-46)56-22-10-9-21-55(56)65(57)45-29-34-54-53-32-28-44(38-62(53)69(5,6)64(54)39-45)48-23-15-17-41-16-7-8-18-47(41)48/h7-40H,1-6H3. The molecular weight excluding hydrogens is 829 g/mol. The van der Waals surface area contributed by atoms with Crippen LogP contribution in [0.2, 0.25) is 0 Å². The van der Waals surface area contributed by atoms with Crippen molar-refractivity contribution in [1.82, 2.24) is 0 Å². The summed E-state index contributed by atoms with van der Waals surface area (Å²) in [5, 5.41) is 7.67. The van der Waals surface area contributed by atoms with E-state index < -0.39 is 0 Å². The van der Waals surface area contributed by atoms with E-state index >= 15 is 0 Å². The molecule has 0 bridgehead atoms. The zero-order valence-corrected chi connectivity index (χ0v) is 40.1. The number of rotatable bonds is 4. The summed E-state index contributed by atoms with van der Waals surface area (Å²) in [6, 6.07) is 78.8. The van der Waals surface area contributed by atoms with Crippen molar-refractivity contribution >= 4 is 32.3 Å². The average molecular weight is 881 g/mol. The van der Waals surface area contributed by atoms with Gasteiger partial charge in [-0.3, -0.25) is 0 Å². The molecule has 0 nitrogen and oxygen atoms in total. The first-order valence-corrected chi connectivity index (χ1v) is 24.7. The van der Waals surface area contributed by atoms with Gasteiger partial charge < -0.3 is 0 Å². The van der Waals surface area contributed by atoms with E-state index in [-0.39, 0.29) is 16.2 Å². The van der Waals surface area contributed by atoms with Gasteiger partial charge in [-0.1, -0.05) is 217 Å². The maximum absolute atomic E-state index is 2.52. The fourth-order valence-electron chi connectivity index (χ4n) is 13.3. The van der Waals surface area contributed by atoms with E-state index in [4.69, 9.17) is 0 Å². The Morgan fingerprint density at radius 2 is 0.565 bits per heavy atom. The molecule has 0 unspecified atom stereocenters. The minimum Gasteiger partial charge on any atom is -0.0619 e. The van der Waals surface area contributed by atoms with Gasteiger partial charge in [-0.25, -0.2) is 0 Å². The molecule has 0 aliphatic heterocycles. The van der Waals surface area contributed by atoms with Crippen LogP contribution in [0.4, 0.5) is 0 Å². The Morgan fingerprint density at radius 3 is 1.14 bits per heavy atom. The molecule has 0 fully saturated rings. The molecule has 11 aromatic carbocycles. The maximum Gasteiger partial charge on any atom is 0.0159 e. The first-order chi connectivity index (χ1) is 33.5. The quantitative estimate of drug-likeness (QED) is 0.155. The summed E-state index contributed by atoms with van der Waals surface area (Å²) in [6.45, 7) is 14.4. The highest BCUT2D eigenvalue weighted by Crippen LogP contribution is 2.55. The maximum atomic E-state index is 2.52. The molecule has 11 aromatic rings. The van der Waals surface area contributed by atoms with Crippen molar-refractivity contribution in [1.29, 1.82) is 0 Å². The number of hydrogen-bond donors (Lipinski definition) is 0. The molecule has 0 saturated heterocycles. The van der Waals surface area contributed by atoms with Crippen LogP contribution in [0.5, 0.6) is 0 Å². The van der Waals surface area contributed by atoms with Crippen LogP contribution >= 0.6 is 0 Å². The minimum absolute atomic E-state index is 0.0827. The van der Waals surface area contributed by atoms with E-state index in [2.05, 4.69) is 248 Å². The summed E-state index contributed by atoms with van der Waals surface area (Å²) < 4.78 is 0. The second-order valence-corrected chi connectivity index (χ2v) is 21.6. The monoisotopic (exact) mass is 880 g/mol. The lowest BCUT2D eigenvalue weighted by atomic mass is 9.79. The molecule has 14 rings (SSSR count). The fraction of sp³-hybridized carbons (Fsp3) is 0.130. The van der Waals surface area contributed by atoms with E-state index in [0.29, 0.717) is 0 Å². The second-order valence-electron chi connectivity index (χ2n) is 21.6. The van der Waals surface area contributed by atoms with Gasteiger partial charge in [0.15, 0.2) is 0 Å². The van der Waals surface area contributed by atoms with Gasteiger partial charge in [0, 0.05) is 16.2 Å². The van der Waals surface area contributed by atoms with Gasteiger partial charge in [-0.15, -0.1) is 0 Å². The highest BCUT2D eigenvalue weighted by atomic mass is 14.4. The molecule has 0 N–H and O–H groups in total. The van der Waals surface area contributed by atoms with E-state index in [1.54, 1.807) is 0 Å². The number of benzene rings is 11. The third-order valence-corrected chi connectivity index (χ3v) is 16.9. The van der Waals surface area contributed by atoms with Crippen LogP contribution in [0.3, 0.4) is 0 Å². The Balaban J connectivity index is 0.978. The van der Waals surface area contributed by atoms with E-state index in [1.807, 2.05) is 0 Å². The van der Waals surface area contributed by atoms with Crippen LogP contribution in [-0.4, -0.2) is 0 Å². The van der Waals surface area contributed by atoms with Crippen molar-refractivity contribution in [2.45, 2.75) is 57.8 Å². The second kappa shape index (κ2) is 14.1. The predicted molar refractivity (Wildman–Crippen MR) is 293 cm³/mol. The van der Waals surface area contributed by atoms with Crippen LogP contribution in [0.1, 0.15) is 74.9 Å². The molecule has 0 radical (unpaired) electrons. The van der Waals surface area contributed by atoms with Crippen LogP contribution in [-0.2, 0) is 16.2 Å². The molecule has 0 atom stereocenters. The van der Waals surface area contributed by atoms with Gasteiger partial charge in [-0.05, 0) is 174 Å². The molecule has 0 spiro atoms. The van der Waals surface area contributed by atoms with Gasteiger partial charge in [0.2, 0.25) is 0 Å². The summed E-state index contributed by atoms with van der Waals surface area (Å²) in [6.07, 6.45) is 0. The Kier molecular flexibility index (Phi) is 8.25. The van der Waals surface area contributed by atoms with Crippen molar-refractivity contribution in [3.05, 3.63) is 240 Å². The third kappa shape index (κ3) is 5.58. The smallest absolute Gasteiger partial charge is 0.0159 e. The van der Waals surface area contributed by atoms with E-state index in [1.165, 1.54) is 144 Å². The van der Waals surface area contributed by atoms with Crippen molar-refractivity contribution in [3.8, 4) is 77.9 Å². The molecule has 0 aromatic heterocycles. The normalized spacial score (nSPS) is 15.2. The predicted octanol–water partition coefficient (Wildman–Crippen LogP) is 18.7. The van der Waals surface area contributed by atoms with Crippen molar-refractivity contribution in [3.63, 3.8) is 0 Å². The SMILES string of the molecule is CC1(C)c2ccccc2-c2ccc(-c3ccc4c(-c5ccc6c(c5)C(C)(C)c5cc(-c7cccc8ccccc78)ccc5-6)c5ccccc5c(-c5ccc6c(c5)C(C)(C)c5ccccc5-6)c4c3)cc21. The fourth-order valence-corrected chi connectivity index (χ4v) is 13.3.